The van der Waals surface area contributed by atoms with Gasteiger partial charge in [0.25, 0.3) is 0 Å². The summed E-state index contributed by atoms with van der Waals surface area (Å²) in [5.74, 6) is 1.40. The van der Waals surface area contributed by atoms with E-state index in [1.807, 2.05) is 0 Å². The van der Waals surface area contributed by atoms with Crippen molar-refractivity contribution < 1.29 is 18.6 Å². The fourth-order valence-electron chi connectivity index (χ4n) is 2.39. The molecule has 0 radical (unpaired) electrons. The Kier molecular flexibility index (Phi) is 4.26. The number of hydrogen-bond donors (Lipinski definition) is 0. The Morgan fingerprint density at radius 3 is 1.59 bits per heavy atom. The summed E-state index contributed by atoms with van der Waals surface area (Å²) < 4.78 is 3.56. The quantitative estimate of drug-likeness (QED) is 0.654. The first-order valence-electron chi connectivity index (χ1n) is 6.56. The van der Waals surface area contributed by atoms with Crippen LogP contribution in [0.25, 0.3) is 0 Å². The normalized spacial score (nSPS) is 19.6. The predicted molar refractivity (Wildman–Crippen MR) is 71.2 cm³/mol. The second kappa shape index (κ2) is 5.53. The molecule has 0 heterocycles. The molecule has 0 atom stereocenters. The summed E-state index contributed by atoms with van der Waals surface area (Å²) in [6.45, 7) is 9.29. The molecule has 0 fully saturated rings. The monoisotopic (exact) mass is 312 g/mol. The number of hydrogen-bond acceptors (Lipinski definition) is 0. The Hall–Kier alpha value is -0.352. The van der Waals surface area contributed by atoms with Gasteiger partial charge in [-0.1, -0.05) is 0 Å². The van der Waals surface area contributed by atoms with Crippen LogP contribution in [0.1, 0.15) is 40.5 Å². The van der Waals surface area contributed by atoms with Gasteiger partial charge in [-0.25, -0.2) is 0 Å². The second-order valence-corrected chi connectivity index (χ2v) is 8.31. The van der Waals surface area contributed by atoms with E-state index in [0.717, 1.165) is 0 Å². The van der Waals surface area contributed by atoms with E-state index in [4.69, 9.17) is 0 Å². The van der Waals surface area contributed by atoms with Crippen molar-refractivity contribution in [1.82, 2.24) is 0 Å². The summed E-state index contributed by atoms with van der Waals surface area (Å²) in [5.41, 5.74) is 3.27. The summed E-state index contributed by atoms with van der Waals surface area (Å²) in [7, 11) is 0. The molecule has 17 heavy (non-hydrogen) atoms. The van der Waals surface area contributed by atoms with Gasteiger partial charge in [0.2, 0.25) is 0 Å². The van der Waals surface area contributed by atoms with Crippen LogP contribution in [0.4, 0.5) is 0 Å². The molecule has 0 aliphatic heterocycles. The Morgan fingerprint density at radius 2 is 1.24 bits per heavy atom. The zero-order chi connectivity index (χ0) is 12.4. The zero-order valence-corrected chi connectivity index (χ0v) is 13.3. The fraction of sp³-hybridized carbons (Fsp3) is 0.500. The van der Waals surface area contributed by atoms with Crippen LogP contribution in [-0.2, 0) is 18.6 Å². The van der Waals surface area contributed by atoms with Gasteiger partial charge < -0.3 is 0 Å². The zero-order valence-electron chi connectivity index (χ0n) is 11.3. The average molecular weight is 310 g/mol. The molecule has 0 N–H and O–H groups in total. The molecule has 2 aliphatic rings. The van der Waals surface area contributed by atoms with E-state index in [-0.39, 0.29) is 18.6 Å². The molecule has 0 unspecified atom stereocenters. The van der Waals surface area contributed by atoms with Crippen molar-refractivity contribution in [3.8, 4) is 0 Å². The molecule has 0 saturated heterocycles. The molecule has 0 aromatic heterocycles. The van der Waals surface area contributed by atoms with Crippen LogP contribution >= 0.6 is 0 Å². The SMILES string of the molecule is CC(C)C1=[C]([Mo][C]2=C(C(C)C)C=CC2)CC=C1. The third-order valence-corrected chi connectivity index (χ3v) is 6.53. The molecule has 92 valence electrons. The van der Waals surface area contributed by atoms with Crippen molar-refractivity contribution in [1.29, 1.82) is 0 Å². The van der Waals surface area contributed by atoms with Gasteiger partial charge in [0.1, 0.15) is 0 Å². The minimum absolute atomic E-state index is 0.0938. The van der Waals surface area contributed by atoms with Gasteiger partial charge in [0.15, 0.2) is 0 Å². The van der Waals surface area contributed by atoms with Crippen molar-refractivity contribution >= 4 is 0 Å². The molecule has 2 rings (SSSR count). The van der Waals surface area contributed by atoms with Crippen LogP contribution in [0.15, 0.2) is 43.4 Å². The predicted octanol–water partition coefficient (Wildman–Crippen LogP) is 4.81. The van der Waals surface area contributed by atoms with E-state index in [1.165, 1.54) is 12.8 Å². The van der Waals surface area contributed by atoms with Crippen LogP contribution < -0.4 is 0 Å². The van der Waals surface area contributed by atoms with Crippen LogP contribution in [0.5, 0.6) is 0 Å². The van der Waals surface area contributed by atoms with Crippen LogP contribution in [-0.4, -0.2) is 0 Å². The first kappa shape index (κ1) is 13.1. The molecule has 0 aromatic carbocycles. The van der Waals surface area contributed by atoms with E-state index in [1.54, 1.807) is 19.1 Å². The fourth-order valence-corrected chi connectivity index (χ4v) is 6.07. The summed E-state index contributed by atoms with van der Waals surface area (Å²) in [6.07, 6.45) is 11.9. The molecule has 0 bridgehead atoms. The van der Waals surface area contributed by atoms with Crippen molar-refractivity contribution in [2.75, 3.05) is 0 Å². The van der Waals surface area contributed by atoms with Gasteiger partial charge in [0.05, 0.1) is 0 Å². The van der Waals surface area contributed by atoms with Gasteiger partial charge in [-0.2, -0.15) is 0 Å². The van der Waals surface area contributed by atoms with Crippen molar-refractivity contribution in [2.45, 2.75) is 40.5 Å². The second-order valence-electron chi connectivity index (χ2n) is 5.38. The summed E-state index contributed by atoms with van der Waals surface area (Å²) in [6, 6.07) is 0. The van der Waals surface area contributed by atoms with Gasteiger partial charge in [-0.3, -0.25) is 0 Å². The van der Waals surface area contributed by atoms with E-state index in [0.29, 0.717) is 11.8 Å². The summed E-state index contributed by atoms with van der Waals surface area (Å²) in [5, 5.41) is 0. The van der Waals surface area contributed by atoms with E-state index < -0.39 is 0 Å². The molecular formula is C16H22Mo. The Bertz CT molecular complexity index is 377. The molecular weight excluding hydrogens is 288 g/mol. The van der Waals surface area contributed by atoms with Gasteiger partial charge in [-0.05, 0) is 0 Å². The molecule has 2 aliphatic carbocycles. The first-order chi connectivity index (χ1) is 8.09. The molecule has 0 amide bonds. The Morgan fingerprint density at radius 1 is 0.824 bits per heavy atom. The molecule has 1 heteroatoms. The summed E-state index contributed by atoms with van der Waals surface area (Å²) in [4.78, 5) is 0. The van der Waals surface area contributed by atoms with Crippen LogP contribution in [0, 0.1) is 11.8 Å². The van der Waals surface area contributed by atoms with E-state index in [2.05, 4.69) is 52.0 Å². The van der Waals surface area contributed by atoms with Crippen molar-refractivity contribution in [3.05, 3.63) is 43.4 Å². The van der Waals surface area contributed by atoms with Crippen molar-refractivity contribution in [3.63, 3.8) is 0 Å². The third-order valence-electron chi connectivity index (χ3n) is 3.34. The summed E-state index contributed by atoms with van der Waals surface area (Å²) >= 11 is -0.0938. The standard InChI is InChI=1S/2C8H11.Mo/c2*1-7(2)8-5-3-4-6-8;/h2*3,5,7H,4H2,1-2H3;. The number of allylic oxidation sites excluding steroid dienone is 8. The minimum atomic E-state index is -0.0938. The molecule has 0 spiro atoms. The maximum absolute atomic E-state index is 2.36. The molecule has 0 aromatic rings. The topological polar surface area (TPSA) is 0 Å². The number of rotatable bonds is 4. The maximum atomic E-state index is 2.36. The van der Waals surface area contributed by atoms with Crippen molar-refractivity contribution in [2.24, 2.45) is 11.8 Å². The first-order valence-corrected chi connectivity index (χ1v) is 8.57. The van der Waals surface area contributed by atoms with Crippen LogP contribution in [0.2, 0.25) is 0 Å². The van der Waals surface area contributed by atoms with Gasteiger partial charge in [-0.15, -0.1) is 0 Å². The molecule has 0 saturated carbocycles. The average Bonchev–Trinajstić information content (AvgIpc) is 2.86. The van der Waals surface area contributed by atoms with E-state index >= 15 is 0 Å². The Labute approximate surface area is 114 Å². The Balaban J connectivity index is 2.18. The van der Waals surface area contributed by atoms with Gasteiger partial charge >= 0.3 is 114 Å². The van der Waals surface area contributed by atoms with Crippen LogP contribution in [0.3, 0.4) is 0 Å². The third kappa shape index (κ3) is 2.91. The van der Waals surface area contributed by atoms with Gasteiger partial charge in [0, 0.05) is 0 Å². The molecule has 0 nitrogen and oxygen atoms in total. The van der Waals surface area contributed by atoms with E-state index in [9.17, 15) is 0 Å².